The first-order valence-corrected chi connectivity index (χ1v) is 11.2. The van der Waals surface area contributed by atoms with Gasteiger partial charge in [0.1, 0.15) is 0 Å². The number of halogens is 1. The minimum absolute atomic E-state index is 0.0535. The van der Waals surface area contributed by atoms with Gasteiger partial charge >= 0.3 is 0 Å². The van der Waals surface area contributed by atoms with Crippen LogP contribution in [0.1, 0.15) is 31.7 Å². The number of carbonyl (C=O) groups excluding carboxylic acids is 1. The Bertz CT molecular complexity index is 1220. The molecule has 4 rings (SSSR count). The normalized spacial score (nSPS) is 15.4. The summed E-state index contributed by atoms with van der Waals surface area (Å²) < 4.78 is 26.2. The number of carbonyl (C=O) groups is 1. The van der Waals surface area contributed by atoms with Gasteiger partial charge in [-0.2, -0.15) is 5.10 Å². The van der Waals surface area contributed by atoms with Gasteiger partial charge in [0.25, 0.3) is 0 Å². The van der Waals surface area contributed by atoms with Crippen molar-refractivity contribution in [1.29, 1.82) is 0 Å². The number of aromatic nitrogens is 2. The Morgan fingerprint density at radius 1 is 1.31 bits per heavy atom. The van der Waals surface area contributed by atoms with Crippen LogP contribution >= 0.6 is 11.6 Å². The van der Waals surface area contributed by atoms with Crippen LogP contribution in [0.25, 0.3) is 10.9 Å². The van der Waals surface area contributed by atoms with Crippen LogP contribution in [0.5, 0.6) is 0 Å². The molecule has 1 fully saturated rings. The van der Waals surface area contributed by atoms with Gasteiger partial charge in [0.2, 0.25) is 15.9 Å². The lowest BCUT2D eigenvalue weighted by Crippen LogP contribution is -2.16. The van der Waals surface area contributed by atoms with Gasteiger partial charge in [-0.3, -0.25) is 9.48 Å². The number of primary sulfonamides is 1. The van der Waals surface area contributed by atoms with Crippen LogP contribution in [0, 0.1) is 0 Å². The zero-order valence-corrected chi connectivity index (χ0v) is 17.4. The molecule has 1 amide bonds. The van der Waals surface area contributed by atoms with Gasteiger partial charge in [-0.15, -0.1) is 0 Å². The van der Waals surface area contributed by atoms with E-state index in [4.69, 9.17) is 16.7 Å². The molecule has 1 aromatic heterocycles. The highest BCUT2D eigenvalue weighted by molar-refractivity contribution is 7.89. The lowest BCUT2D eigenvalue weighted by Gasteiger charge is -2.12. The second kappa shape index (κ2) is 7.12. The van der Waals surface area contributed by atoms with E-state index in [1.165, 1.54) is 6.07 Å². The Morgan fingerprint density at radius 3 is 2.66 bits per heavy atom. The number of rotatable bonds is 6. The van der Waals surface area contributed by atoms with Crippen LogP contribution in [0.4, 0.5) is 5.69 Å². The van der Waals surface area contributed by atoms with Crippen molar-refractivity contribution in [3.05, 3.63) is 53.2 Å². The smallest absolute Gasteiger partial charge is 0.238 e. The minimum atomic E-state index is -4.00. The second-order valence-corrected chi connectivity index (χ2v) is 9.36. The molecule has 1 aliphatic rings. The molecule has 0 spiro atoms. The highest BCUT2D eigenvalue weighted by Gasteiger charge is 2.43. The number of nitrogens with two attached hydrogens (primary N) is 1. The summed E-state index contributed by atoms with van der Waals surface area (Å²) >= 11 is 6.11. The first-order valence-electron chi connectivity index (χ1n) is 9.32. The van der Waals surface area contributed by atoms with Crippen LogP contribution in [-0.2, 0) is 26.8 Å². The average Bonchev–Trinajstić information content (AvgIpc) is 3.34. The molecular weight excluding hydrogens is 412 g/mol. The maximum Gasteiger partial charge on any atom is 0.238 e. The molecular formula is C20H21ClN4O3S. The number of hydrogen-bond donors (Lipinski definition) is 2. The molecule has 0 atom stereocenters. The van der Waals surface area contributed by atoms with Gasteiger partial charge in [-0.05, 0) is 43.0 Å². The number of amides is 1. The number of nitrogens with one attached hydrogen (secondary N) is 1. The van der Waals surface area contributed by atoms with Gasteiger partial charge in [0, 0.05) is 22.3 Å². The number of nitrogens with zero attached hydrogens (tertiary/aromatic N) is 2. The first-order chi connectivity index (χ1) is 13.7. The summed E-state index contributed by atoms with van der Waals surface area (Å²) in [7, 11) is -4.00. The summed E-state index contributed by atoms with van der Waals surface area (Å²) in [6, 6.07) is 10.1. The van der Waals surface area contributed by atoms with E-state index in [9.17, 15) is 13.2 Å². The Kier molecular flexibility index (Phi) is 4.88. The predicted molar refractivity (Wildman–Crippen MR) is 112 cm³/mol. The van der Waals surface area contributed by atoms with Crippen molar-refractivity contribution in [1.82, 2.24) is 9.78 Å². The Labute approximate surface area is 173 Å². The molecule has 1 saturated carbocycles. The fourth-order valence-electron chi connectivity index (χ4n) is 3.55. The average molecular weight is 433 g/mol. The fraction of sp³-hybridized carbons (Fsp3) is 0.300. The zero-order chi connectivity index (χ0) is 20.8. The van der Waals surface area contributed by atoms with E-state index in [0.29, 0.717) is 27.2 Å². The maximum absolute atomic E-state index is 12.5. The third-order valence-corrected chi connectivity index (χ3v) is 6.78. The predicted octanol–water partition coefficient (Wildman–Crippen LogP) is 3.42. The molecule has 0 radical (unpaired) electrons. The summed E-state index contributed by atoms with van der Waals surface area (Å²) in [6.07, 6.45) is 4.72. The van der Waals surface area contributed by atoms with Gasteiger partial charge in [-0.25, -0.2) is 13.6 Å². The van der Waals surface area contributed by atoms with Gasteiger partial charge in [-0.1, -0.05) is 36.7 Å². The second-order valence-electron chi connectivity index (χ2n) is 7.42. The van der Waals surface area contributed by atoms with Crippen molar-refractivity contribution in [2.24, 2.45) is 5.14 Å². The lowest BCUT2D eigenvalue weighted by molar-refractivity contribution is -0.115. The number of anilines is 1. The molecule has 7 nitrogen and oxygen atoms in total. The van der Waals surface area contributed by atoms with E-state index >= 15 is 0 Å². The minimum Gasteiger partial charge on any atom is -0.326 e. The number of fused-ring (bicyclic) bond motifs is 1. The Hall–Kier alpha value is -2.42. The van der Waals surface area contributed by atoms with E-state index in [2.05, 4.69) is 17.3 Å². The van der Waals surface area contributed by atoms with Gasteiger partial charge < -0.3 is 5.32 Å². The summed E-state index contributed by atoms with van der Waals surface area (Å²) in [6.45, 7) is 2.08. The van der Waals surface area contributed by atoms with Crippen LogP contribution < -0.4 is 10.5 Å². The van der Waals surface area contributed by atoms with Gasteiger partial charge in [0.15, 0.2) is 0 Å². The molecule has 3 N–H and O–H groups in total. The summed E-state index contributed by atoms with van der Waals surface area (Å²) in [5.41, 5.74) is 1.43. The topological polar surface area (TPSA) is 107 Å². The van der Waals surface area contributed by atoms with Crippen molar-refractivity contribution in [3.8, 4) is 0 Å². The van der Waals surface area contributed by atoms with Crippen LogP contribution in [0.2, 0.25) is 5.02 Å². The van der Waals surface area contributed by atoms with Gasteiger partial charge in [0.05, 0.1) is 22.4 Å². The SMILES string of the molecule is CCC1(n2cc3c(S(N)(=O)=O)cc(NC(=O)Cc4ccccc4Cl)cc3n2)CC1. The number of sulfonamides is 1. The lowest BCUT2D eigenvalue weighted by atomic mass is 10.1. The molecule has 0 unspecified atom stereocenters. The molecule has 0 bridgehead atoms. The summed E-state index contributed by atoms with van der Waals surface area (Å²) in [5, 5.41) is 13.7. The third kappa shape index (κ3) is 3.88. The van der Waals surface area contributed by atoms with E-state index in [1.54, 1.807) is 36.5 Å². The van der Waals surface area contributed by atoms with E-state index in [0.717, 1.165) is 19.3 Å². The number of benzene rings is 2. The third-order valence-electron chi connectivity index (χ3n) is 5.46. The number of hydrogen-bond acceptors (Lipinski definition) is 4. The van der Waals surface area contributed by atoms with Crippen LogP contribution in [-0.4, -0.2) is 24.1 Å². The Balaban J connectivity index is 1.69. The Morgan fingerprint density at radius 2 is 2.03 bits per heavy atom. The summed E-state index contributed by atoms with van der Waals surface area (Å²) in [4.78, 5) is 12.4. The van der Waals surface area contributed by atoms with E-state index < -0.39 is 10.0 Å². The maximum atomic E-state index is 12.5. The van der Waals surface area contributed by atoms with Crippen molar-refractivity contribution in [2.75, 3.05) is 5.32 Å². The van der Waals surface area contributed by atoms with Crippen molar-refractivity contribution < 1.29 is 13.2 Å². The molecule has 9 heteroatoms. The highest BCUT2D eigenvalue weighted by atomic mass is 35.5. The highest BCUT2D eigenvalue weighted by Crippen LogP contribution is 2.46. The molecule has 1 heterocycles. The molecule has 1 aliphatic carbocycles. The molecule has 0 saturated heterocycles. The first kappa shape index (κ1) is 19.9. The van der Waals surface area contributed by atoms with E-state index in [1.807, 2.05) is 4.68 Å². The molecule has 3 aromatic rings. The molecule has 29 heavy (non-hydrogen) atoms. The molecule has 2 aromatic carbocycles. The monoisotopic (exact) mass is 432 g/mol. The quantitative estimate of drug-likeness (QED) is 0.622. The van der Waals surface area contributed by atoms with Crippen molar-refractivity contribution in [2.45, 2.75) is 43.0 Å². The van der Waals surface area contributed by atoms with Crippen LogP contribution in [0.3, 0.4) is 0 Å². The van der Waals surface area contributed by atoms with Crippen molar-refractivity contribution >= 4 is 44.1 Å². The fourth-order valence-corrected chi connectivity index (χ4v) is 4.51. The molecule has 152 valence electrons. The standard InChI is InChI=1S/C20H21ClN4O3S/c1-2-20(7-8-20)25-12-15-17(24-25)10-14(11-18(15)29(22,27)28)23-19(26)9-13-5-3-4-6-16(13)21/h3-6,10-12H,2,7-9H2,1H3,(H,23,26)(H2,22,27,28). The molecule has 0 aliphatic heterocycles. The zero-order valence-electron chi connectivity index (χ0n) is 15.9. The largest absolute Gasteiger partial charge is 0.326 e. The van der Waals surface area contributed by atoms with Crippen LogP contribution in [0.15, 0.2) is 47.5 Å². The van der Waals surface area contributed by atoms with Crippen molar-refractivity contribution in [3.63, 3.8) is 0 Å². The summed E-state index contributed by atoms with van der Waals surface area (Å²) in [5.74, 6) is -0.315. The van der Waals surface area contributed by atoms with E-state index in [-0.39, 0.29) is 22.8 Å².